The number of nitrogen functional groups attached to an aromatic ring is 1. The smallest absolute Gasteiger partial charge is 0.411 e. The highest BCUT2D eigenvalue weighted by atomic mass is 16.5. The number of carbonyl (C=O) groups is 1. The van der Waals surface area contributed by atoms with Crippen LogP contribution in [-0.2, 0) is 11.2 Å². The first-order valence-electron chi connectivity index (χ1n) is 8.16. The number of pyridine rings is 1. The van der Waals surface area contributed by atoms with Gasteiger partial charge in [0.05, 0.1) is 12.3 Å². The zero-order valence-electron chi connectivity index (χ0n) is 14.0. The van der Waals surface area contributed by atoms with E-state index in [9.17, 15) is 4.79 Å². The number of nitrogens with zero attached hydrogens (tertiary/aromatic N) is 1. The van der Waals surface area contributed by atoms with Crippen molar-refractivity contribution in [2.45, 2.75) is 13.3 Å². The Balaban J connectivity index is 1.58. The van der Waals surface area contributed by atoms with E-state index >= 15 is 0 Å². The van der Waals surface area contributed by atoms with E-state index in [1.807, 2.05) is 18.3 Å². The summed E-state index contributed by atoms with van der Waals surface area (Å²) >= 11 is 0. The number of amides is 1. The van der Waals surface area contributed by atoms with Crippen molar-refractivity contribution in [3.8, 4) is 0 Å². The summed E-state index contributed by atoms with van der Waals surface area (Å²) in [6.45, 7) is 2.76. The van der Waals surface area contributed by atoms with Gasteiger partial charge in [0.2, 0.25) is 0 Å². The van der Waals surface area contributed by atoms with Gasteiger partial charge in [0, 0.05) is 23.6 Å². The molecule has 7 nitrogen and oxygen atoms in total. The van der Waals surface area contributed by atoms with Crippen molar-refractivity contribution in [3.05, 3.63) is 48.2 Å². The van der Waals surface area contributed by atoms with Crippen LogP contribution < -0.4 is 16.4 Å². The minimum absolute atomic E-state index is 0.241. The fraction of sp³-hybridized carbons (Fsp3) is 0.222. The van der Waals surface area contributed by atoms with Crippen LogP contribution in [0.5, 0.6) is 0 Å². The molecule has 0 aliphatic heterocycles. The molecule has 3 aromatic rings. The van der Waals surface area contributed by atoms with Crippen molar-refractivity contribution in [2.24, 2.45) is 0 Å². The molecule has 1 aromatic carbocycles. The van der Waals surface area contributed by atoms with Crippen LogP contribution in [0.2, 0.25) is 0 Å². The number of hydrogen-bond acceptors (Lipinski definition) is 5. The van der Waals surface area contributed by atoms with Gasteiger partial charge < -0.3 is 20.8 Å². The Bertz CT molecular complexity index is 875. The predicted molar refractivity (Wildman–Crippen MR) is 99.8 cm³/mol. The molecular weight excluding hydrogens is 318 g/mol. The second-order valence-electron chi connectivity index (χ2n) is 5.51. The van der Waals surface area contributed by atoms with Gasteiger partial charge in [-0.2, -0.15) is 0 Å². The average Bonchev–Trinajstić information content (AvgIpc) is 3.01. The van der Waals surface area contributed by atoms with Gasteiger partial charge >= 0.3 is 6.09 Å². The second-order valence-corrected chi connectivity index (χ2v) is 5.51. The molecule has 3 rings (SSSR count). The van der Waals surface area contributed by atoms with Gasteiger partial charge in [-0.25, -0.2) is 9.78 Å². The van der Waals surface area contributed by atoms with Crippen molar-refractivity contribution < 1.29 is 9.53 Å². The summed E-state index contributed by atoms with van der Waals surface area (Å²) in [5.74, 6) is 0.900. The monoisotopic (exact) mass is 339 g/mol. The summed E-state index contributed by atoms with van der Waals surface area (Å²) in [7, 11) is 0. The summed E-state index contributed by atoms with van der Waals surface area (Å²) < 4.78 is 4.82. The number of carbonyl (C=O) groups excluding carboxylic acids is 1. The number of para-hydroxylation sites is 1. The van der Waals surface area contributed by atoms with Crippen LogP contribution in [0.4, 0.5) is 22.1 Å². The van der Waals surface area contributed by atoms with Gasteiger partial charge in [-0.15, -0.1) is 0 Å². The van der Waals surface area contributed by atoms with E-state index in [-0.39, 0.29) is 5.82 Å². The molecule has 2 heterocycles. The third-order valence-electron chi connectivity index (χ3n) is 3.81. The van der Waals surface area contributed by atoms with Crippen LogP contribution >= 0.6 is 0 Å². The molecule has 1 amide bonds. The molecule has 7 heteroatoms. The van der Waals surface area contributed by atoms with E-state index in [0.717, 1.165) is 18.5 Å². The summed E-state index contributed by atoms with van der Waals surface area (Å²) in [6.07, 6.45) is 2.34. The Labute approximate surface area is 145 Å². The number of rotatable bonds is 6. The highest BCUT2D eigenvalue weighted by Gasteiger charge is 2.08. The number of hydrogen-bond donors (Lipinski definition) is 4. The van der Waals surface area contributed by atoms with E-state index in [1.165, 1.54) is 10.9 Å². The Morgan fingerprint density at radius 3 is 2.92 bits per heavy atom. The van der Waals surface area contributed by atoms with Crippen LogP contribution in [0, 0.1) is 0 Å². The summed E-state index contributed by atoms with van der Waals surface area (Å²) in [5, 5.41) is 7.03. The van der Waals surface area contributed by atoms with E-state index < -0.39 is 6.09 Å². The lowest BCUT2D eigenvalue weighted by atomic mass is 10.1. The van der Waals surface area contributed by atoms with Crippen molar-refractivity contribution in [1.29, 1.82) is 0 Å². The molecule has 0 saturated carbocycles. The molecule has 0 fully saturated rings. The van der Waals surface area contributed by atoms with Crippen molar-refractivity contribution in [1.82, 2.24) is 9.97 Å². The van der Waals surface area contributed by atoms with E-state index in [0.29, 0.717) is 18.1 Å². The molecule has 0 aliphatic carbocycles. The molecular formula is C18H21N5O2. The highest BCUT2D eigenvalue weighted by Crippen LogP contribution is 2.20. The lowest BCUT2D eigenvalue weighted by Crippen LogP contribution is -2.15. The predicted octanol–water partition coefficient (Wildman–Crippen LogP) is 3.37. The number of H-pyrrole nitrogens is 1. The normalized spacial score (nSPS) is 10.6. The average molecular weight is 339 g/mol. The minimum Gasteiger partial charge on any atom is -0.450 e. The van der Waals surface area contributed by atoms with Crippen molar-refractivity contribution in [2.75, 3.05) is 29.5 Å². The fourth-order valence-electron chi connectivity index (χ4n) is 2.62. The molecule has 0 saturated heterocycles. The Kier molecular flexibility index (Phi) is 5.03. The van der Waals surface area contributed by atoms with Gasteiger partial charge in [-0.05, 0) is 37.1 Å². The topological polar surface area (TPSA) is 105 Å². The Morgan fingerprint density at radius 2 is 2.12 bits per heavy atom. The second kappa shape index (κ2) is 7.57. The zero-order valence-corrected chi connectivity index (χ0v) is 14.0. The van der Waals surface area contributed by atoms with E-state index in [1.54, 1.807) is 19.1 Å². The quantitative estimate of drug-likeness (QED) is 0.551. The molecule has 0 atom stereocenters. The maximum Gasteiger partial charge on any atom is 0.411 e. The largest absolute Gasteiger partial charge is 0.450 e. The number of anilines is 3. The summed E-state index contributed by atoms with van der Waals surface area (Å²) in [6, 6.07) is 11.7. The summed E-state index contributed by atoms with van der Waals surface area (Å²) in [5.41, 5.74) is 8.69. The first-order chi connectivity index (χ1) is 12.2. The highest BCUT2D eigenvalue weighted by molar-refractivity contribution is 5.88. The molecule has 0 bridgehead atoms. The number of benzene rings is 1. The third kappa shape index (κ3) is 4.00. The van der Waals surface area contributed by atoms with Crippen LogP contribution in [-0.4, -0.2) is 29.2 Å². The van der Waals surface area contributed by atoms with Crippen molar-refractivity contribution in [3.63, 3.8) is 0 Å². The van der Waals surface area contributed by atoms with Gasteiger partial charge in [0.15, 0.2) is 0 Å². The van der Waals surface area contributed by atoms with E-state index in [2.05, 4.69) is 32.7 Å². The Hall–Kier alpha value is -3.22. The van der Waals surface area contributed by atoms with Crippen LogP contribution in [0.25, 0.3) is 10.9 Å². The lowest BCUT2D eigenvalue weighted by molar-refractivity contribution is 0.168. The molecule has 130 valence electrons. The number of fused-ring (bicyclic) bond motifs is 1. The van der Waals surface area contributed by atoms with Gasteiger partial charge in [-0.1, -0.05) is 18.2 Å². The SMILES string of the molecule is CCOC(=O)Nc1ccc(NCCc2c[nH]c3ccccc23)nc1N. The van der Waals surface area contributed by atoms with Crippen LogP contribution in [0.1, 0.15) is 12.5 Å². The van der Waals surface area contributed by atoms with E-state index in [4.69, 9.17) is 10.5 Å². The summed E-state index contributed by atoms with van der Waals surface area (Å²) in [4.78, 5) is 18.9. The lowest BCUT2D eigenvalue weighted by Gasteiger charge is -2.10. The number of ether oxygens (including phenoxy) is 1. The van der Waals surface area contributed by atoms with Crippen molar-refractivity contribution >= 4 is 34.3 Å². The number of aromatic amines is 1. The standard InChI is InChI=1S/C18H21N5O2/c1-2-25-18(24)22-15-7-8-16(23-17(15)19)20-10-9-12-11-21-14-6-4-3-5-13(12)14/h3-8,11,21H,2,9-10H2,1H3,(H,22,24)(H3,19,20,23). The Morgan fingerprint density at radius 1 is 1.28 bits per heavy atom. The number of nitrogens with two attached hydrogens (primary N) is 1. The molecule has 2 aromatic heterocycles. The van der Waals surface area contributed by atoms with Gasteiger partial charge in [-0.3, -0.25) is 5.32 Å². The first kappa shape index (κ1) is 16.6. The van der Waals surface area contributed by atoms with Crippen LogP contribution in [0.15, 0.2) is 42.6 Å². The molecule has 0 spiro atoms. The van der Waals surface area contributed by atoms with Crippen LogP contribution in [0.3, 0.4) is 0 Å². The molecule has 0 aliphatic rings. The number of aromatic nitrogens is 2. The number of nitrogens with one attached hydrogen (secondary N) is 3. The maximum atomic E-state index is 11.4. The minimum atomic E-state index is -0.545. The molecule has 0 radical (unpaired) electrons. The third-order valence-corrected chi connectivity index (χ3v) is 3.81. The maximum absolute atomic E-state index is 11.4. The molecule has 5 N–H and O–H groups in total. The zero-order chi connectivity index (χ0) is 17.6. The molecule has 25 heavy (non-hydrogen) atoms. The first-order valence-corrected chi connectivity index (χ1v) is 8.16. The fourth-order valence-corrected chi connectivity index (χ4v) is 2.62. The van der Waals surface area contributed by atoms with Gasteiger partial charge in [0.1, 0.15) is 11.6 Å². The van der Waals surface area contributed by atoms with Gasteiger partial charge in [0.25, 0.3) is 0 Å². The molecule has 0 unspecified atom stereocenters.